The molecule has 0 unspecified atom stereocenters. The zero-order valence-corrected chi connectivity index (χ0v) is 28.7. The predicted octanol–water partition coefficient (Wildman–Crippen LogP) is 4.35. The van der Waals surface area contributed by atoms with Crippen LogP contribution in [0.25, 0.3) is 0 Å². The van der Waals surface area contributed by atoms with Crippen molar-refractivity contribution in [3.8, 4) is 5.75 Å². The molecule has 262 valence electrons. The fraction of sp³-hybridized carbons (Fsp3) is 0.676. The summed E-state index contributed by atoms with van der Waals surface area (Å²) in [6.45, 7) is 4.10. The van der Waals surface area contributed by atoms with Crippen LogP contribution in [0.15, 0.2) is 36.4 Å². The van der Waals surface area contributed by atoms with Crippen molar-refractivity contribution in [3.63, 3.8) is 0 Å². The van der Waals surface area contributed by atoms with E-state index in [2.05, 4.69) is 19.2 Å². The standard InChI is InChI=1S/C34H56N2O9S/c1-4-6-8-12-15-23-46(42,43)24-16-13-10-9-11-14-17-29(34(41,26-44-3)33(39)40)32(38)36-30(31(35)37)25-27-18-20-28(21-19-27)45-22-7-5-2/h14,17-21,29-30,41H,4-13,15-16,22-26H2,1-3H3,(H2,35,37)(H,36,38)(H,39,40)/t29-,30+,34+/m1/s1. The number of rotatable bonds is 27. The zero-order valence-electron chi connectivity index (χ0n) is 27.9. The molecule has 2 amide bonds. The number of benzene rings is 1. The predicted molar refractivity (Wildman–Crippen MR) is 179 cm³/mol. The van der Waals surface area contributed by atoms with Gasteiger partial charge in [-0.1, -0.05) is 83.1 Å². The minimum absolute atomic E-state index is 0.0527. The third-order valence-corrected chi connectivity index (χ3v) is 9.61. The Balaban J connectivity index is 2.79. The summed E-state index contributed by atoms with van der Waals surface area (Å²) < 4.78 is 35.1. The number of sulfone groups is 1. The number of amides is 2. The van der Waals surface area contributed by atoms with Crippen LogP contribution in [0.1, 0.15) is 96.5 Å². The number of nitrogens with one attached hydrogen (secondary N) is 1. The number of carbonyl (C=O) groups excluding carboxylic acids is 2. The van der Waals surface area contributed by atoms with Gasteiger partial charge in [0.25, 0.3) is 0 Å². The highest BCUT2D eigenvalue weighted by atomic mass is 32.2. The average molecular weight is 669 g/mol. The van der Waals surface area contributed by atoms with Gasteiger partial charge in [-0.05, 0) is 49.8 Å². The molecule has 0 aliphatic rings. The Hall–Kier alpha value is -2.96. The molecule has 0 fully saturated rings. The van der Waals surface area contributed by atoms with Crippen LogP contribution in [-0.2, 0) is 35.4 Å². The zero-order chi connectivity index (χ0) is 34.4. The quantitative estimate of drug-likeness (QED) is 0.0782. The van der Waals surface area contributed by atoms with E-state index in [1.54, 1.807) is 30.3 Å². The molecule has 1 rings (SSSR count). The van der Waals surface area contributed by atoms with E-state index in [0.717, 1.165) is 51.4 Å². The lowest BCUT2D eigenvalue weighted by Gasteiger charge is -2.30. The molecule has 0 aliphatic carbocycles. The summed E-state index contributed by atoms with van der Waals surface area (Å²) in [4.78, 5) is 37.7. The van der Waals surface area contributed by atoms with Gasteiger partial charge in [0.2, 0.25) is 11.8 Å². The Morgan fingerprint density at radius 1 is 0.935 bits per heavy atom. The smallest absolute Gasteiger partial charge is 0.339 e. The number of nitrogens with two attached hydrogens (primary N) is 1. The molecule has 3 atom stereocenters. The molecule has 0 radical (unpaired) electrons. The number of hydrogen-bond acceptors (Lipinski definition) is 8. The lowest BCUT2D eigenvalue weighted by Crippen LogP contribution is -2.57. The van der Waals surface area contributed by atoms with Crippen LogP contribution in [0.5, 0.6) is 5.75 Å². The number of methoxy groups -OCH3 is 1. The molecule has 0 bridgehead atoms. The van der Waals surface area contributed by atoms with Gasteiger partial charge in [0.1, 0.15) is 21.6 Å². The Kier molecular flexibility index (Phi) is 20.1. The van der Waals surface area contributed by atoms with E-state index in [9.17, 15) is 33.0 Å². The lowest BCUT2D eigenvalue weighted by molar-refractivity contribution is -0.173. The SMILES string of the molecule is CCCCCCCS(=O)(=O)CCCCCCC=C[C@H](C(=O)N[C@@H](Cc1ccc(OCCCC)cc1)C(N)=O)[C@@](O)(COC)C(=O)O. The molecule has 0 aliphatic heterocycles. The third-order valence-electron chi connectivity index (χ3n) is 7.78. The third kappa shape index (κ3) is 16.0. The van der Waals surface area contributed by atoms with Crippen molar-refractivity contribution in [2.45, 2.75) is 109 Å². The molecular formula is C34H56N2O9S. The number of primary amides is 1. The molecule has 5 N–H and O–H groups in total. The molecule has 0 aromatic heterocycles. The van der Waals surface area contributed by atoms with Crippen molar-refractivity contribution >= 4 is 27.6 Å². The molecule has 0 spiro atoms. The van der Waals surface area contributed by atoms with Gasteiger partial charge in [0.05, 0.1) is 30.6 Å². The summed E-state index contributed by atoms with van der Waals surface area (Å²) in [5, 5.41) is 23.4. The van der Waals surface area contributed by atoms with Gasteiger partial charge in [-0.3, -0.25) is 9.59 Å². The van der Waals surface area contributed by atoms with Crippen LogP contribution in [0, 0.1) is 5.92 Å². The van der Waals surface area contributed by atoms with Crippen LogP contribution in [-0.4, -0.2) is 79.9 Å². The minimum Gasteiger partial charge on any atom is -0.494 e. The fourth-order valence-electron chi connectivity index (χ4n) is 4.94. The first kappa shape index (κ1) is 41.1. The van der Waals surface area contributed by atoms with Gasteiger partial charge in [-0.15, -0.1) is 0 Å². The first-order valence-electron chi connectivity index (χ1n) is 16.5. The van der Waals surface area contributed by atoms with E-state index in [4.69, 9.17) is 15.2 Å². The molecule has 0 saturated carbocycles. The summed E-state index contributed by atoms with van der Waals surface area (Å²) in [6.07, 6.45) is 13.0. The topological polar surface area (TPSA) is 182 Å². The van der Waals surface area contributed by atoms with Gasteiger partial charge in [0.15, 0.2) is 5.60 Å². The Bertz CT molecular complexity index is 1170. The van der Waals surface area contributed by atoms with Crippen molar-refractivity contribution < 1.29 is 42.5 Å². The second-order valence-electron chi connectivity index (χ2n) is 11.9. The van der Waals surface area contributed by atoms with Gasteiger partial charge in [-0.2, -0.15) is 0 Å². The van der Waals surface area contributed by atoms with Crippen molar-refractivity contribution in [1.29, 1.82) is 0 Å². The van der Waals surface area contributed by atoms with E-state index < -0.39 is 51.8 Å². The van der Waals surface area contributed by atoms with Gasteiger partial charge < -0.3 is 30.7 Å². The normalized spacial score (nSPS) is 14.4. The first-order chi connectivity index (χ1) is 21.9. The molecule has 1 aromatic carbocycles. The van der Waals surface area contributed by atoms with Crippen LogP contribution >= 0.6 is 0 Å². The Morgan fingerprint density at radius 3 is 2.07 bits per heavy atom. The van der Waals surface area contributed by atoms with Gasteiger partial charge >= 0.3 is 5.97 Å². The van der Waals surface area contributed by atoms with Crippen molar-refractivity contribution in [3.05, 3.63) is 42.0 Å². The number of carbonyl (C=O) groups is 3. The van der Waals surface area contributed by atoms with E-state index in [0.29, 0.717) is 43.6 Å². The molecule has 12 heteroatoms. The summed E-state index contributed by atoms with van der Waals surface area (Å²) in [5.41, 5.74) is 3.68. The highest BCUT2D eigenvalue weighted by Crippen LogP contribution is 2.23. The van der Waals surface area contributed by atoms with Crippen LogP contribution in [0.3, 0.4) is 0 Å². The fourth-order valence-corrected chi connectivity index (χ4v) is 6.43. The van der Waals surface area contributed by atoms with Crippen LogP contribution < -0.4 is 15.8 Å². The molecular weight excluding hydrogens is 612 g/mol. The van der Waals surface area contributed by atoms with Crippen molar-refractivity contribution in [1.82, 2.24) is 5.32 Å². The number of carboxylic acid groups (broad SMARTS) is 1. The van der Waals surface area contributed by atoms with Gasteiger partial charge in [0, 0.05) is 13.5 Å². The maximum atomic E-state index is 13.4. The summed E-state index contributed by atoms with van der Waals surface area (Å²) in [7, 11) is -1.84. The largest absolute Gasteiger partial charge is 0.494 e. The number of carboxylic acids is 1. The maximum Gasteiger partial charge on any atom is 0.339 e. The van der Waals surface area contributed by atoms with Gasteiger partial charge in [-0.25, -0.2) is 13.2 Å². The number of allylic oxidation sites excluding steroid dienone is 1. The van der Waals surface area contributed by atoms with E-state index >= 15 is 0 Å². The minimum atomic E-state index is -3.05. The van der Waals surface area contributed by atoms with Crippen LogP contribution in [0.4, 0.5) is 0 Å². The van der Waals surface area contributed by atoms with Crippen molar-refractivity contribution in [2.75, 3.05) is 31.8 Å². The molecule has 46 heavy (non-hydrogen) atoms. The number of hydrogen-bond donors (Lipinski definition) is 4. The maximum absolute atomic E-state index is 13.4. The van der Waals surface area contributed by atoms with E-state index in [1.807, 2.05) is 0 Å². The second-order valence-corrected chi connectivity index (χ2v) is 14.2. The average Bonchev–Trinajstić information content (AvgIpc) is 3.00. The number of unbranched alkanes of at least 4 members (excludes halogenated alkanes) is 9. The Morgan fingerprint density at radius 2 is 1.52 bits per heavy atom. The summed E-state index contributed by atoms with van der Waals surface area (Å²) in [5.74, 6) is -3.87. The number of aliphatic carboxylic acids is 1. The number of aliphatic hydroxyl groups is 1. The monoisotopic (exact) mass is 668 g/mol. The van der Waals surface area contributed by atoms with E-state index in [-0.39, 0.29) is 17.9 Å². The molecule has 0 saturated heterocycles. The van der Waals surface area contributed by atoms with Crippen molar-refractivity contribution in [2.24, 2.45) is 11.7 Å². The molecule has 0 heterocycles. The molecule has 11 nitrogen and oxygen atoms in total. The number of ether oxygens (including phenoxy) is 2. The van der Waals surface area contributed by atoms with Crippen LogP contribution in [0.2, 0.25) is 0 Å². The summed E-state index contributed by atoms with van der Waals surface area (Å²) >= 11 is 0. The highest BCUT2D eigenvalue weighted by molar-refractivity contribution is 7.91. The lowest BCUT2D eigenvalue weighted by atomic mass is 9.86. The van der Waals surface area contributed by atoms with E-state index in [1.165, 1.54) is 13.2 Å². The summed E-state index contributed by atoms with van der Waals surface area (Å²) in [6, 6.07) is 5.86. The molecule has 1 aromatic rings. The second kappa shape index (κ2) is 22.5. The highest BCUT2D eigenvalue weighted by Gasteiger charge is 2.47. The Labute approximate surface area is 275 Å². The first-order valence-corrected chi connectivity index (χ1v) is 18.4.